The maximum atomic E-state index is 11.6. The molecule has 1 aliphatic carbocycles. The average Bonchev–Trinajstić information content (AvgIpc) is 2.92. The van der Waals surface area contributed by atoms with Gasteiger partial charge in [-0.15, -0.1) is 0 Å². The SMILES string of the molecule is CNS(=O)(=O)c1ccc(NC(=S)NC2CCCC2)cc1. The molecule has 1 aromatic rings. The van der Waals surface area contributed by atoms with Crippen LogP contribution in [0.5, 0.6) is 0 Å². The van der Waals surface area contributed by atoms with Crippen LogP contribution in [0.25, 0.3) is 0 Å². The van der Waals surface area contributed by atoms with Gasteiger partial charge in [-0.3, -0.25) is 0 Å². The van der Waals surface area contributed by atoms with E-state index < -0.39 is 10.0 Å². The van der Waals surface area contributed by atoms with Crippen LogP contribution < -0.4 is 15.4 Å². The van der Waals surface area contributed by atoms with Crippen LogP contribution in [0, 0.1) is 0 Å². The molecule has 110 valence electrons. The monoisotopic (exact) mass is 313 g/mol. The Morgan fingerprint density at radius 2 is 1.80 bits per heavy atom. The van der Waals surface area contributed by atoms with Crippen molar-refractivity contribution in [2.75, 3.05) is 12.4 Å². The van der Waals surface area contributed by atoms with Gasteiger partial charge in [-0.1, -0.05) is 12.8 Å². The molecule has 0 heterocycles. The molecule has 1 aromatic carbocycles. The molecule has 1 saturated carbocycles. The van der Waals surface area contributed by atoms with Crippen LogP contribution in [-0.2, 0) is 10.0 Å². The topological polar surface area (TPSA) is 70.2 Å². The molecule has 0 amide bonds. The number of anilines is 1. The van der Waals surface area contributed by atoms with Gasteiger partial charge >= 0.3 is 0 Å². The van der Waals surface area contributed by atoms with Gasteiger partial charge in [-0.25, -0.2) is 13.1 Å². The number of hydrogen-bond donors (Lipinski definition) is 3. The number of sulfonamides is 1. The van der Waals surface area contributed by atoms with Gasteiger partial charge in [0.1, 0.15) is 0 Å². The largest absolute Gasteiger partial charge is 0.360 e. The molecule has 0 bridgehead atoms. The lowest BCUT2D eigenvalue weighted by molar-refractivity contribution is 0.588. The van der Waals surface area contributed by atoms with Crippen LogP contribution >= 0.6 is 12.2 Å². The third-order valence-electron chi connectivity index (χ3n) is 3.38. The molecule has 0 atom stereocenters. The summed E-state index contributed by atoms with van der Waals surface area (Å²) in [5, 5.41) is 6.93. The summed E-state index contributed by atoms with van der Waals surface area (Å²) in [5.41, 5.74) is 0.774. The Bertz CT molecular complexity index is 564. The summed E-state index contributed by atoms with van der Waals surface area (Å²) >= 11 is 5.25. The average molecular weight is 313 g/mol. The number of benzene rings is 1. The third kappa shape index (κ3) is 3.91. The summed E-state index contributed by atoms with van der Waals surface area (Å²) in [4.78, 5) is 0.236. The fraction of sp³-hybridized carbons (Fsp3) is 0.462. The molecule has 0 aliphatic heterocycles. The summed E-state index contributed by atoms with van der Waals surface area (Å²) in [7, 11) is -2.00. The first-order valence-electron chi connectivity index (χ1n) is 6.62. The number of thiocarbonyl (C=S) groups is 1. The Balaban J connectivity index is 1.95. The minimum absolute atomic E-state index is 0.236. The molecule has 0 saturated heterocycles. The van der Waals surface area contributed by atoms with E-state index in [1.807, 2.05) is 0 Å². The van der Waals surface area contributed by atoms with Crippen molar-refractivity contribution >= 4 is 33.0 Å². The van der Waals surface area contributed by atoms with Gasteiger partial charge in [-0.05, 0) is 56.4 Å². The van der Waals surface area contributed by atoms with E-state index in [0.717, 1.165) is 18.5 Å². The van der Waals surface area contributed by atoms with Crippen LogP contribution in [0.4, 0.5) is 5.69 Å². The third-order valence-corrected chi connectivity index (χ3v) is 5.03. The van der Waals surface area contributed by atoms with E-state index in [1.165, 1.54) is 19.9 Å². The van der Waals surface area contributed by atoms with Crippen LogP contribution in [0.2, 0.25) is 0 Å². The first-order chi connectivity index (χ1) is 9.51. The van der Waals surface area contributed by atoms with Gasteiger partial charge < -0.3 is 10.6 Å². The molecular formula is C13H19N3O2S2. The lowest BCUT2D eigenvalue weighted by Crippen LogP contribution is -2.35. The first-order valence-corrected chi connectivity index (χ1v) is 8.51. The molecule has 0 unspecified atom stereocenters. The Morgan fingerprint density at radius 1 is 1.20 bits per heavy atom. The second-order valence-electron chi connectivity index (χ2n) is 4.81. The molecular weight excluding hydrogens is 294 g/mol. The van der Waals surface area contributed by atoms with E-state index in [9.17, 15) is 8.42 Å². The van der Waals surface area contributed by atoms with Gasteiger partial charge in [0.15, 0.2) is 5.11 Å². The molecule has 20 heavy (non-hydrogen) atoms. The predicted molar refractivity (Wildman–Crippen MR) is 84.3 cm³/mol. The maximum Gasteiger partial charge on any atom is 0.240 e. The molecule has 7 heteroatoms. The molecule has 1 aliphatic rings. The Labute approximate surface area is 125 Å². The van der Waals surface area contributed by atoms with Crippen LogP contribution in [0.1, 0.15) is 25.7 Å². The Kier molecular flexibility index (Phi) is 4.95. The second-order valence-corrected chi connectivity index (χ2v) is 7.11. The highest BCUT2D eigenvalue weighted by Crippen LogP contribution is 2.18. The standard InChI is InChI=1S/C13H19N3O2S2/c1-14-20(17,18)12-8-6-11(7-9-12)16-13(19)15-10-4-2-3-5-10/h6-10,14H,2-5H2,1H3,(H2,15,16,19). The minimum Gasteiger partial charge on any atom is -0.360 e. The number of rotatable bonds is 4. The van der Waals surface area contributed by atoms with Gasteiger partial charge in [0.2, 0.25) is 10.0 Å². The zero-order valence-electron chi connectivity index (χ0n) is 11.3. The van der Waals surface area contributed by atoms with E-state index in [1.54, 1.807) is 24.3 Å². The summed E-state index contributed by atoms with van der Waals surface area (Å²) in [6.45, 7) is 0. The quantitative estimate of drug-likeness (QED) is 0.740. The smallest absolute Gasteiger partial charge is 0.240 e. The summed E-state index contributed by atoms with van der Waals surface area (Å²) in [6, 6.07) is 6.96. The van der Waals surface area contributed by atoms with E-state index in [-0.39, 0.29) is 4.90 Å². The van der Waals surface area contributed by atoms with Gasteiger partial charge in [-0.2, -0.15) is 0 Å². The zero-order chi connectivity index (χ0) is 14.6. The Hall–Kier alpha value is -1.18. The van der Waals surface area contributed by atoms with E-state index >= 15 is 0 Å². The predicted octanol–water partition coefficient (Wildman–Crippen LogP) is 1.82. The van der Waals surface area contributed by atoms with Crippen LogP contribution in [0.3, 0.4) is 0 Å². The zero-order valence-corrected chi connectivity index (χ0v) is 13.0. The first kappa shape index (κ1) is 15.2. The lowest BCUT2D eigenvalue weighted by Gasteiger charge is -2.15. The number of nitrogens with one attached hydrogen (secondary N) is 3. The van der Waals surface area contributed by atoms with Crippen molar-refractivity contribution in [3.8, 4) is 0 Å². The van der Waals surface area contributed by atoms with Gasteiger partial charge in [0, 0.05) is 11.7 Å². The molecule has 3 N–H and O–H groups in total. The van der Waals surface area contributed by atoms with Crippen molar-refractivity contribution in [2.24, 2.45) is 0 Å². The minimum atomic E-state index is -3.39. The summed E-state index contributed by atoms with van der Waals surface area (Å²) < 4.78 is 25.5. The summed E-state index contributed by atoms with van der Waals surface area (Å²) in [6.07, 6.45) is 4.80. The van der Waals surface area contributed by atoms with Crippen molar-refractivity contribution in [3.63, 3.8) is 0 Å². The highest BCUT2D eigenvalue weighted by Gasteiger charge is 2.15. The Morgan fingerprint density at radius 3 is 2.35 bits per heavy atom. The second kappa shape index (κ2) is 6.51. The van der Waals surface area contributed by atoms with Gasteiger partial charge in [0.05, 0.1) is 4.90 Å². The van der Waals surface area contributed by atoms with Gasteiger partial charge in [0.25, 0.3) is 0 Å². The fourth-order valence-corrected chi connectivity index (χ4v) is 3.27. The maximum absolute atomic E-state index is 11.6. The number of hydrogen-bond acceptors (Lipinski definition) is 3. The lowest BCUT2D eigenvalue weighted by atomic mass is 10.2. The van der Waals surface area contributed by atoms with Crippen LogP contribution in [0.15, 0.2) is 29.2 Å². The molecule has 5 nitrogen and oxygen atoms in total. The van der Waals surface area contributed by atoms with Crippen molar-refractivity contribution in [1.29, 1.82) is 0 Å². The molecule has 0 spiro atoms. The molecule has 0 aromatic heterocycles. The van der Waals surface area contributed by atoms with Crippen LogP contribution in [-0.4, -0.2) is 26.6 Å². The van der Waals surface area contributed by atoms with Crippen molar-refractivity contribution in [2.45, 2.75) is 36.6 Å². The van der Waals surface area contributed by atoms with Crippen molar-refractivity contribution < 1.29 is 8.42 Å². The van der Waals surface area contributed by atoms with Crippen molar-refractivity contribution in [3.05, 3.63) is 24.3 Å². The van der Waals surface area contributed by atoms with E-state index in [4.69, 9.17) is 12.2 Å². The normalized spacial score (nSPS) is 16.1. The highest BCUT2D eigenvalue weighted by atomic mass is 32.2. The van der Waals surface area contributed by atoms with E-state index in [0.29, 0.717) is 11.2 Å². The molecule has 1 fully saturated rings. The fourth-order valence-electron chi connectivity index (χ4n) is 2.26. The van der Waals surface area contributed by atoms with E-state index in [2.05, 4.69) is 15.4 Å². The highest BCUT2D eigenvalue weighted by molar-refractivity contribution is 7.89. The molecule has 2 rings (SSSR count). The van der Waals surface area contributed by atoms with Crippen molar-refractivity contribution in [1.82, 2.24) is 10.0 Å². The molecule has 0 radical (unpaired) electrons. The summed E-state index contributed by atoms with van der Waals surface area (Å²) in [5.74, 6) is 0.